The summed E-state index contributed by atoms with van der Waals surface area (Å²) in [6, 6.07) is -0.120. The van der Waals surface area contributed by atoms with Gasteiger partial charge in [-0.05, 0) is 73.3 Å². The Bertz CT molecular complexity index is 813. The molecule has 0 aromatic carbocycles. The van der Waals surface area contributed by atoms with Crippen LogP contribution in [0.1, 0.15) is 74.7 Å². The van der Waals surface area contributed by atoms with E-state index in [9.17, 15) is 4.79 Å². The van der Waals surface area contributed by atoms with E-state index >= 15 is 0 Å². The van der Waals surface area contributed by atoms with Crippen LogP contribution in [0.25, 0.3) is 0 Å². The highest BCUT2D eigenvalue weighted by Gasteiger charge is 2.42. The maximum atomic E-state index is 13.5. The molecular formula is C30H53ClN2O3. The Kier molecular flexibility index (Phi) is 14.5. The van der Waals surface area contributed by atoms with E-state index in [1.165, 1.54) is 5.57 Å². The number of allylic oxidation sites excluding steroid dienone is 7. The van der Waals surface area contributed by atoms with Crippen LogP contribution in [0.3, 0.4) is 0 Å². The minimum atomic E-state index is -0.120. The maximum Gasteiger partial charge on any atom is 0.239 e. The third-order valence-corrected chi connectivity index (χ3v) is 8.29. The van der Waals surface area contributed by atoms with Crippen LogP contribution in [-0.2, 0) is 4.79 Å². The molecule has 5 N–H and O–H groups in total. The van der Waals surface area contributed by atoms with Crippen molar-refractivity contribution in [2.45, 2.75) is 80.7 Å². The third kappa shape index (κ3) is 8.86. The number of carbonyl (C=O) groups excluding carboxylic acids is 1. The van der Waals surface area contributed by atoms with Crippen molar-refractivity contribution in [3.05, 3.63) is 47.1 Å². The van der Waals surface area contributed by atoms with Crippen LogP contribution >= 0.6 is 11.6 Å². The molecule has 0 radical (unpaired) electrons. The highest BCUT2D eigenvalue weighted by Crippen LogP contribution is 2.43. The first-order valence-corrected chi connectivity index (χ1v) is 13.4. The average Bonchev–Trinajstić information content (AvgIpc) is 2.76. The first-order chi connectivity index (χ1) is 15.6. The van der Waals surface area contributed by atoms with Crippen LogP contribution in [0.5, 0.6) is 0 Å². The molecule has 0 aromatic heterocycles. The molecule has 1 heterocycles. The second-order valence-electron chi connectivity index (χ2n) is 11.7. The predicted molar refractivity (Wildman–Crippen MR) is 155 cm³/mol. The summed E-state index contributed by atoms with van der Waals surface area (Å²) in [5.41, 5.74) is 1.48. The number of hydrogen-bond donors (Lipinski definition) is 1. The molecule has 3 aliphatic rings. The normalized spacial score (nSPS) is 25.8. The number of nitrogens with one attached hydrogen (secondary N) is 1. The van der Waals surface area contributed by atoms with Gasteiger partial charge in [0.15, 0.2) is 0 Å². The van der Waals surface area contributed by atoms with E-state index in [2.05, 4.69) is 82.1 Å². The summed E-state index contributed by atoms with van der Waals surface area (Å²) in [6.45, 7) is 16.1. The zero-order valence-corrected chi connectivity index (χ0v) is 23.4. The summed E-state index contributed by atoms with van der Waals surface area (Å²) in [4.78, 5) is 15.7. The molecule has 6 heteroatoms. The summed E-state index contributed by atoms with van der Waals surface area (Å²) >= 11 is 6.14. The molecule has 0 saturated carbocycles. The van der Waals surface area contributed by atoms with Crippen molar-refractivity contribution < 1.29 is 15.7 Å². The molecule has 0 spiro atoms. The smallest absolute Gasteiger partial charge is 0.239 e. The number of rotatable bonds is 8. The molecule has 2 aliphatic carbocycles. The molecule has 36 heavy (non-hydrogen) atoms. The molecule has 1 aliphatic heterocycles. The van der Waals surface area contributed by atoms with Gasteiger partial charge >= 0.3 is 0 Å². The fourth-order valence-electron chi connectivity index (χ4n) is 5.80. The number of carbonyl (C=O) groups is 1. The van der Waals surface area contributed by atoms with Gasteiger partial charge in [0.2, 0.25) is 5.91 Å². The van der Waals surface area contributed by atoms with Gasteiger partial charge in [-0.2, -0.15) is 0 Å². The number of likely N-dealkylation sites (tertiary alicyclic amines) is 1. The van der Waals surface area contributed by atoms with Crippen molar-refractivity contribution in [1.82, 2.24) is 10.2 Å². The van der Waals surface area contributed by atoms with Crippen molar-refractivity contribution in [2.24, 2.45) is 35.0 Å². The number of piperidine rings is 1. The Morgan fingerprint density at radius 1 is 1.11 bits per heavy atom. The van der Waals surface area contributed by atoms with Crippen LogP contribution in [0.15, 0.2) is 47.1 Å². The van der Waals surface area contributed by atoms with Crippen molar-refractivity contribution in [2.75, 3.05) is 19.6 Å². The lowest BCUT2D eigenvalue weighted by atomic mass is 9.66. The fraction of sp³-hybridized carbons (Fsp3) is 0.700. The van der Waals surface area contributed by atoms with Gasteiger partial charge in [-0.15, -0.1) is 0 Å². The molecule has 1 saturated heterocycles. The first-order valence-electron chi connectivity index (χ1n) is 13.0. The van der Waals surface area contributed by atoms with Crippen molar-refractivity contribution >= 4 is 17.5 Å². The zero-order chi connectivity index (χ0) is 24.2. The van der Waals surface area contributed by atoms with E-state index in [0.717, 1.165) is 50.3 Å². The molecule has 208 valence electrons. The standard InChI is InChI=1S/C29H45ClN2O.CH4.2H2O/c1-20(2)23-9-7-22(8-10-23)15-17-31-27(21(3)4)28(33)32-18-16-26(29(5,6)19-32)24-11-13-25(30)14-12-24;;;/h7-9,11,13-14,20-21,23-24,26-27,31H,10,12,15-19H2,1-6H3;1H4;2*1H2/t23?,24?,26-,27-;;;/m1.../s1. The Labute approximate surface area is 225 Å². The summed E-state index contributed by atoms with van der Waals surface area (Å²) in [7, 11) is 0. The van der Waals surface area contributed by atoms with Gasteiger partial charge in [-0.1, -0.05) is 96.5 Å². The van der Waals surface area contributed by atoms with Crippen LogP contribution < -0.4 is 5.32 Å². The Hall–Kier alpha value is -1.40. The minimum Gasteiger partial charge on any atom is -0.412 e. The summed E-state index contributed by atoms with van der Waals surface area (Å²) in [5.74, 6) is 2.99. The molecule has 5 nitrogen and oxygen atoms in total. The minimum absolute atomic E-state index is 0. The maximum absolute atomic E-state index is 13.5. The van der Waals surface area contributed by atoms with E-state index in [1.54, 1.807) is 0 Å². The highest BCUT2D eigenvalue weighted by molar-refractivity contribution is 6.31. The molecule has 0 aromatic rings. The summed E-state index contributed by atoms with van der Waals surface area (Å²) in [5, 5.41) is 4.45. The number of hydrogen-bond acceptors (Lipinski definition) is 2. The van der Waals surface area contributed by atoms with Gasteiger partial charge in [0.25, 0.3) is 0 Å². The second-order valence-corrected chi connectivity index (χ2v) is 12.1. The monoisotopic (exact) mass is 524 g/mol. The van der Waals surface area contributed by atoms with E-state index in [0.29, 0.717) is 23.7 Å². The molecule has 4 atom stereocenters. The lowest BCUT2D eigenvalue weighted by Gasteiger charge is -2.48. The van der Waals surface area contributed by atoms with Gasteiger partial charge in [-0.3, -0.25) is 4.79 Å². The van der Waals surface area contributed by atoms with E-state index < -0.39 is 0 Å². The van der Waals surface area contributed by atoms with Gasteiger partial charge in [-0.25, -0.2) is 0 Å². The van der Waals surface area contributed by atoms with E-state index in [1.807, 2.05) is 6.08 Å². The Morgan fingerprint density at radius 3 is 2.31 bits per heavy atom. The van der Waals surface area contributed by atoms with Crippen LogP contribution in [0.2, 0.25) is 0 Å². The first kappa shape index (κ1) is 34.6. The molecule has 3 rings (SSSR count). The SMILES string of the molecule is C.CC(C)C1C=CC(CCN[C@@H](C(=O)N2CC[C@H](C3C=CC(Cl)=CC3)C(C)(C)C2)C(C)C)=CC1.O.O. The third-order valence-electron chi connectivity index (χ3n) is 8.00. The molecule has 1 fully saturated rings. The zero-order valence-electron chi connectivity index (χ0n) is 22.6. The largest absolute Gasteiger partial charge is 0.412 e. The second kappa shape index (κ2) is 15.1. The molecule has 0 bridgehead atoms. The van der Waals surface area contributed by atoms with Gasteiger partial charge in [0, 0.05) is 18.1 Å². The fourth-order valence-corrected chi connectivity index (χ4v) is 5.96. The van der Waals surface area contributed by atoms with Gasteiger partial charge in [0.05, 0.1) is 6.04 Å². The van der Waals surface area contributed by atoms with Crippen molar-refractivity contribution in [1.29, 1.82) is 0 Å². The topological polar surface area (TPSA) is 95.3 Å². The Balaban J connectivity index is 0.00000408. The van der Waals surface area contributed by atoms with Crippen LogP contribution in [0, 0.1) is 35.0 Å². The van der Waals surface area contributed by atoms with Gasteiger partial charge in [0.1, 0.15) is 0 Å². The summed E-state index contributed by atoms with van der Waals surface area (Å²) < 4.78 is 0. The number of nitrogens with zero attached hydrogens (tertiary/aromatic N) is 1. The predicted octanol–water partition coefficient (Wildman–Crippen LogP) is 5.71. The summed E-state index contributed by atoms with van der Waals surface area (Å²) in [6.07, 6.45) is 17.7. The lowest BCUT2D eigenvalue weighted by molar-refractivity contribution is -0.139. The van der Waals surface area contributed by atoms with Crippen molar-refractivity contribution in [3.8, 4) is 0 Å². The molecule has 2 unspecified atom stereocenters. The quantitative estimate of drug-likeness (QED) is 0.440. The van der Waals surface area contributed by atoms with E-state index in [4.69, 9.17) is 11.6 Å². The lowest BCUT2D eigenvalue weighted by Crippen LogP contribution is -2.56. The van der Waals surface area contributed by atoms with Crippen molar-refractivity contribution in [3.63, 3.8) is 0 Å². The average molecular weight is 525 g/mol. The van der Waals surface area contributed by atoms with Crippen LogP contribution in [0.4, 0.5) is 0 Å². The van der Waals surface area contributed by atoms with Gasteiger partial charge < -0.3 is 21.2 Å². The Morgan fingerprint density at radius 2 is 1.81 bits per heavy atom. The molecule has 1 amide bonds. The van der Waals surface area contributed by atoms with Crippen LogP contribution in [-0.4, -0.2) is 47.4 Å². The van der Waals surface area contributed by atoms with E-state index in [-0.39, 0.29) is 41.7 Å². The number of amides is 1. The number of halogens is 1. The highest BCUT2D eigenvalue weighted by atomic mass is 35.5. The molecular weight excluding hydrogens is 472 g/mol.